The van der Waals surface area contributed by atoms with Gasteiger partial charge in [0.2, 0.25) is 0 Å². The van der Waals surface area contributed by atoms with Crippen molar-refractivity contribution in [3.63, 3.8) is 0 Å². The third-order valence-electron chi connectivity index (χ3n) is 2.49. The number of benzene rings is 1. The zero-order chi connectivity index (χ0) is 13.0. The second-order valence-corrected chi connectivity index (χ2v) is 4.70. The molecule has 0 fully saturated rings. The summed E-state index contributed by atoms with van der Waals surface area (Å²) in [5.41, 5.74) is 1.62. The first-order chi connectivity index (χ1) is 8.70. The number of hydrogen-bond donors (Lipinski definition) is 0. The van der Waals surface area contributed by atoms with Gasteiger partial charge >= 0.3 is 0 Å². The Morgan fingerprint density at radius 3 is 2.89 bits per heavy atom. The number of halogens is 1. The highest BCUT2D eigenvalue weighted by molar-refractivity contribution is 9.10. The minimum absolute atomic E-state index is 0.120. The second kappa shape index (κ2) is 5.93. The molecule has 0 saturated carbocycles. The highest BCUT2D eigenvalue weighted by Crippen LogP contribution is 2.20. The van der Waals surface area contributed by atoms with Crippen molar-refractivity contribution in [3.8, 4) is 11.3 Å². The molecule has 0 bridgehead atoms. The van der Waals surface area contributed by atoms with Crippen molar-refractivity contribution in [3.05, 3.63) is 51.2 Å². The summed E-state index contributed by atoms with van der Waals surface area (Å²) in [6.45, 7) is 0.923. The molecule has 0 atom stereocenters. The van der Waals surface area contributed by atoms with Crippen LogP contribution in [0.1, 0.15) is 0 Å². The van der Waals surface area contributed by atoms with Crippen molar-refractivity contribution in [2.45, 2.75) is 6.54 Å². The first kappa shape index (κ1) is 13.0. The van der Waals surface area contributed by atoms with E-state index in [4.69, 9.17) is 4.74 Å². The van der Waals surface area contributed by atoms with Gasteiger partial charge in [-0.25, -0.2) is 4.68 Å². The van der Waals surface area contributed by atoms with Crippen LogP contribution >= 0.6 is 15.9 Å². The van der Waals surface area contributed by atoms with Gasteiger partial charge in [0, 0.05) is 23.2 Å². The summed E-state index contributed by atoms with van der Waals surface area (Å²) in [5, 5.41) is 4.32. The lowest BCUT2D eigenvalue weighted by atomic mass is 10.1. The van der Waals surface area contributed by atoms with E-state index in [0.29, 0.717) is 13.2 Å². The molecular weight excluding hydrogens is 296 g/mol. The zero-order valence-electron chi connectivity index (χ0n) is 9.97. The molecule has 0 amide bonds. The van der Waals surface area contributed by atoms with E-state index in [-0.39, 0.29) is 5.56 Å². The summed E-state index contributed by atoms with van der Waals surface area (Å²) in [6, 6.07) is 11.1. The summed E-state index contributed by atoms with van der Waals surface area (Å²) in [7, 11) is 1.60. The molecule has 0 unspecified atom stereocenters. The van der Waals surface area contributed by atoms with Crippen LogP contribution < -0.4 is 5.56 Å². The number of aromatic nitrogens is 2. The van der Waals surface area contributed by atoms with E-state index in [1.54, 1.807) is 13.2 Å². The minimum Gasteiger partial charge on any atom is -0.383 e. The Hall–Kier alpha value is -1.46. The average molecular weight is 309 g/mol. The fourth-order valence-corrected chi connectivity index (χ4v) is 1.99. The highest BCUT2D eigenvalue weighted by Gasteiger charge is 2.03. The third kappa shape index (κ3) is 3.05. The van der Waals surface area contributed by atoms with Crippen LogP contribution in [-0.2, 0) is 11.3 Å². The van der Waals surface area contributed by atoms with Crippen LogP contribution in [0.2, 0.25) is 0 Å². The van der Waals surface area contributed by atoms with E-state index in [0.717, 1.165) is 15.7 Å². The van der Waals surface area contributed by atoms with Crippen LogP contribution in [0.4, 0.5) is 0 Å². The fraction of sp³-hybridized carbons (Fsp3) is 0.231. The Morgan fingerprint density at radius 2 is 2.17 bits per heavy atom. The molecule has 1 aromatic carbocycles. The maximum Gasteiger partial charge on any atom is 0.266 e. The van der Waals surface area contributed by atoms with E-state index in [2.05, 4.69) is 21.0 Å². The molecule has 0 spiro atoms. The summed E-state index contributed by atoms with van der Waals surface area (Å²) >= 11 is 3.42. The maximum absolute atomic E-state index is 11.6. The summed E-state index contributed by atoms with van der Waals surface area (Å²) in [5.74, 6) is 0. The molecule has 4 nitrogen and oxygen atoms in total. The molecule has 0 aliphatic carbocycles. The van der Waals surface area contributed by atoms with Gasteiger partial charge in [0.15, 0.2) is 0 Å². The molecule has 2 rings (SSSR count). The molecule has 5 heteroatoms. The predicted octanol–water partition coefficient (Wildman–Crippen LogP) is 2.32. The van der Waals surface area contributed by atoms with Gasteiger partial charge < -0.3 is 4.74 Å². The standard InChI is InChI=1S/C13H13BrN2O2/c1-18-8-7-16-13(17)6-5-12(15-16)10-3-2-4-11(14)9-10/h2-6,9H,7-8H2,1H3. The smallest absolute Gasteiger partial charge is 0.266 e. The lowest BCUT2D eigenvalue weighted by Crippen LogP contribution is -2.24. The molecule has 0 radical (unpaired) electrons. The van der Waals surface area contributed by atoms with Gasteiger partial charge in [0.1, 0.15) is 0 Å². The van der Waals surface area contributed by atoms with Crippen LogP contribution in [0.5, 0.6) is 0 Å². The molecule has 1 aromatic heterocycles. The van der Waals surface area contributed by atoms with Gasteiger partial charge in [-0.2, -0.15) is 5.10 Å². The second-order valence-electron chi connectivity index (χ2n) is 3.78. The van der Waals surface area contributed by atoms with Crippen molar-refractivity contribution >= 4 is 15.9 Å². The van der Waals surface area contributed by atoms with Gasteiger partial charge in [-0.1, -0.05) is 28.1 Å². The van der Waals surface area contributed by atoms with Gasteiger partial charge in [-0.15, -0.1) is 0 Å². The van der Waals surface area contributed by atoms with Gasteiger partial charge in [-0.05, 0) is 18.2 Å². The molecule has 0 N–H and O–H groups in total. The summed E-state index contributed by atoms with van der Waals surface area (Å²) in [6.07, 6.45) is 0. The van der Waals surface area contributed by atoms with Crippen molar-refractivity contribution < 1.29 is 4.74 Å². The molecule has 0 aliphatic rings. The van der Waals surface area contributed by atoms with Crippen molar-refractivity contribution in [2.75, 3.05) is 13.7 Å². The van der Waals surface area contributed by atoms with Crippen molar-refractivity contribution in [1.29, 1.82) is 0 Å². The van der Waals surface area contributed by atoms with Gasteiger partial charge in [0.25, 0.3) is 5.56 Å². The maximum atomic E-state index is 11.6. The summed E-state index contributed by atoms with van der Waals surface area (Å²) < 4.78 is 7.36. The molecule has 1 heterocycles. The first-order valence-electron chi connectivity index (χ1n) is 5.54. The van der Waals surface area contributed by atoms with Crippen LogP contribution in [0.3, 0.4) is 0 Å². The normalized spacial score (nSPS) is 10.6. The monoisotopic (exact) mass is 308 g/mol. The molecular formula is C13H13BrN2O2. The zero-order valence-corrected chi connectivity index (χ0v) is 11.6. The molecule has 0 saturated heterocycles. The van der Waals surface area contributed by atoms with Crippen molar-refractivity contribution in [1.82, 2.24) is 9.78 Å². The molecule has 18 heavy (non-hydrogen) atoms. The van der Waals surface area contributed by atoms with E-state index in [1.165, 1.54) is 10.7 Å². The number of rotatable bonds is 4. The summed E-state index contributed by atoms with van der Waals surface area (Å²) in [4.78, 5) is 11.6. The van der Waals surface area contributed by atoms with Crippen molar-refractivity contribution in [2.24, 2.45) is 0 Å². The fourth-order valence-electron chi connectivity index (χ4n) is 1.59. The lowest BCUT2D eigenvalue weighted by Gasteiger charge is -2.06. The SMILES string of the molecule is COCCn1nc(-c2cccc(Br)c2)ccc1=O. The number of methoxy groups -OCH3 is 1. The Morgan fingerprint density at radius 1 is 1.33 bits per heavy atom. The van der Waals surface area contributed by atoms with Crippen LogP contribution in [0, 0.1) is 0 Å². The Labute approximate surface area is 113 Å². The molecule has 94 valence electrons. The van der Waals surface area contributed by atoms with Crippen LogP contribution in [-0.4, -0.2) is 23.5 Å². The topological polar surface area (TPSA) is 44.1 Å². The number of ether oxygens (including phenoxy) is 1. The Kier molecular flexibility index (Phi) is 4.28. The Balaban J connectivity index is 2.37. The average Bonchev–Trinajstić information content (AvgIpc) is 2.38. The lowest BCUT2D eigenvalue weighted by molar-refractivity contribution is 0.182. The predicted molar refractivity (Wildman–Crippen MR) is 73.5 cm³/mol. The van der Waals surface area contributed by atoms with Crippen LogP contribution in [0.25, 0.3) is 11.3 Å². The minimum atomic E-state index is -0.120. The quantitative estimate of drug-likeness (QED) is 0.870. The van der Waals surface area contributed by atoms with Gasteiger partial charge in [-0.3, -0.25) is 4.79 Å². The highest BCUT2D eigenvalue weighted by atomic mass is 79.9. The molecule has 2 aromatic rings. The van der Waals surface area contributed by atoms with Crippen LogP contribution in [0.15, 0.2) is 45.7 Å². The Bertz CT molecular complexity index is 596. The van der Waals surface area contributed by atoms with E-state index in [1.807, 2.05) is 24.3 Å². The number of hydrogen-bond acceptors (Lipinski definition) is 3. The van der Waals surface area contributed by atoms with E-state index in [9.17, 15) is 4.79 Å². The largest absolute Gasteiger partial charge is 0.383 e. The number of nitrogens with zero attached hydrogens (tertiary/aromatic N) is 2. The first-order valence-corrected chi connectivity index (χ1v) is 6.33. The van der Waals surface area contributed by atoms with Gasteiger partial charge in [0.05, 0.1) is 18.8 Å². The molecule has 0 aliphatic heterocycles. The third-order valence-corrected chi connectivity index (χ3v) is 2.99. The van der Waals surface area contributed by atoms with E-state index >= 15 is 0 Å². The van der Waals surface area contributed by atoms with E-state index < -0.39 is 0 Å².